The van der Waals surface area contributed by atoms with Crippen LogP contribution in [-0.4, -0.2) is 24.6 Å². The van der Waals surface area contributed by atoms with Gasteiger partial charge in [-0.15, -0.1) is 12.4 Å². The maximum atomic E-state index is 12.0. The minimum absolute atomic E-state index is 0. The molecule has 1 aliphatic carbocycles. The molecule has 0 aliphatic heterocycles. The van der Waals surface area contributed by atoms with Gasteiger partial charge < -0.3 is 15.8 Å². The van der Waals surface area contributed by atoms with E-state index in [-0.39, 0.29) is 24.4 Å². The number of ether oxygens (including phenoxy) is 1. The number of nitrogens with one attached hydrogen (secondary N) is 1. The summed E-state index contributed by atoms with van der Waals surface area (Å²) in [5, 5.41) is 2.96. The van der Waals surface area contributed by atoms with E-state index in [1.807, 2.05) is 24.3 Å². The van der Waals surface area contributed by atoms with Gasteiger partial charge in [-0.3, -0.25) is 4.79 Å². The first-order valence-corrected chi connectivity index (χ1v) is 7.32. The summed E-state index contributed by atoms with van der Waals surface area (Å²) in [6.45, 7) is 2.24. The standard InChI is InChI=1S/C14H19BrN2O2.ClH/c1-9(19-12-6-4-11(15)5-7-12)14(18)17-13(8-16)10-2-3-10;/h4-7,9-10,13H,2-3,8,16H2,1H3,(H,17,18);1H. The third-order valence-corrected chi connectivity index (χ3v) is 3.80. The fourth-order valence-electron chi connectivity index (χ4n) is 1.94. The number of rotatable bonds is 6. The van der Waals surface area contributed by atoms with Gasteiger partial charge in [0, 0.05) is 17.1 Å². The largest absolute Gasteiger partial charge is 0.481 e. The average molecular weight is 364 g/mol. The van der Waals surface area contributed by atoms with Gasteiger partial charge >= 0.3 is 0 Å². The van der Waals surface area contributed by atoms with Gasteiger partial charge in [-0.1, -0.05) is 15.9 Å². The minimum atomic E-state index is -0.519. The van der Waals surface area contributed by atoms with Crippen LogP contribution in [0.2, 0.25) is 0 Å². The highest BCUT2D eigenvalue weighted by Gasteiger charge is 2.32. The molecule has 1 saturated carbocycles. The van der Waals surface area contributed by atoms with Crippen molar-refractivity contribution < 1.29 is 9.53 Å². The highest BCUT2D eigenvalue weighted by atomic mass is 79.9. The number of carbonyl (C=O) groups excluding carboxylic acids is 1. The molecule has 0 radical (unpaired) electrons. The first-order valence-electron chi connectivity index (χ1n) is 6.53. The Hall–Kier alpha value is -0.780. The van der Waals surface area contributed by atoms with E-state index < -0.39 is 6.10 Å². The molecule has 1 fully saturated rings. The van der Waals surface area contributed by atoms with Crippen LogP contribution in [0.3, 0.4) is 0 Å². The number of halogens is 2. The maximum Gasteiger partial charge on any atom is 0.261 e. The minimum Gasteiger partial charge on any atom is -0.481 e. The molecule has 0 heterocycles. The highest BCUT2D eigenvalue weighted by Crippen LogP contribution is 2.32. The van der Waals surface area contributed by atoms with Gasteiger partial charge in [-0.05, 0) is 49.9 Å². The Labute approximate surface area is 134 Å². The van der Waals surface area contributed by atoms with Crippen molar-refractivity contribution >= 4 is 34.2 Å². The van der Waals surface area contributed by atoms with Crippen LogP contribution in [-0.2, 0) is 4.79 Å². The van der Waals surface area contributed by atoms with E-state index >= 15 is 0 Å². The van der Waals surface area contributed by atoms with E-state index in [2.05, 4.69) is 21.2 Å². The van der Waals surface area contributed by atoms with Gasteiger partial charge in [0.1, 0.15) is 5.75 Å². The predicted molar refractivity (Wildman–Crippen MR) is 85.2 cm³/mol. The lowest BCUT2D eigenvalue weighted by molar-refractivity contribution is -0.128. The van der Waals surface area contributed by atoms with E-state index in [1.165, 1.54) is 0 Å². The van der Waals surface area contributed by atoms with Crippen molar-refractivity contribution in [1.82, 2.24) is 5.32 Å². The van der Waals surface area contributed by atoms with Crippen LogP contribution in [0.4, 0.5) is 0 Å². The molecule has 6 heteroatoms. The Kier molecular flexibility index (Phi) is 6.79. The van der Waals surface area contributed by atoms with E-state index in [0.717, 1.165) is 17.3 Å². The van der Waals surface area contributed by atoms with Crippen molar-refractivity contribution in [1.29, 1.82) is 0 Å². The van der Waals surface area contributed by atoms with Gasteiger partial charge in [0.2, 0.25) is 0 Å². The fraction of sp³-hybridized carbons (Fsp3) is 0.500. The number of carbonyl (C=O) groups is 1. The summed E-state index contributed by atoms with van der Waals surface area (Å²) >= 11 is 3.36. The zero-order valence-corrected chi connectivity index (χ0v) is 13.7. The summed E-state index contributed by atoms with van der Waals surface area (Å²) in [6.07, 6.45) is 1.79. The normalized spacial score (nSPS) is 16.8. The number of hydrogen-bond acceptors (Lipinski definition) is 3. The van der Waals surface area contributed by atoms with Gasteiger partial charge in [0.15, 0.2) is 6.10 Å². The Morgan fingerprint density at radius 1 is 1.45 bits per heavy atom. The second kappa shape index (κ2) is 7.86. The number of benzene rings is 1. The SMILES string of the molecule is CC(Oc1ccc(Br)cc1)C(=O)NC(CN)C1CC1.Cl. The molecule has 1 aromatic rings. The first-order chi connectivity index (χ1) is 9.10. The summed E-state index contributed by atoms with van der Waals surface area (Å²) in [6, 6.07) is 7.51. The molecule has 0 aromatic heterocycles. The van der Waals surface area contributed by atoms with Crippen LogP contribution in [0.15, 0.2) is 28.7 Å². The molecule has 1 aliphatic rings. The molecular formula is C14H20BrClN2O2. The summed E-state index contributed by atoms with van der Waals surface area (Å²) < 4.78 is 6.58. The number of hydrogen-bond donors (Lipinski definition) is 2. The zero-order chi connectivity index (χ0) is 13.8. The van der Waals surface area contributed by atoms with E-state index in [4.69, 9.17) is 10.5 Å². The summed E-state index contributed by atoms with van der Waals surface area (Å²) in [5.41, 5.74) is 5.67. The second-order valence-corrected chi connectivity index (χ2v) is 5.82. The lowest BCUT2D eigenvalue weighted by Gasteiger charge is -2.20. The van der Waals surface area contributed by atoms with Crippen LogP contribution in [0.25, 0.3) is 0 Å². The Balaban J connectivity index is 0.00000200. The Bertz CT molecular complexity index is 437. The summed E-state index contributed by atoms with van der Waals surface area (Å²) in [4.78, 5) is 12.0. The molecule has 2 unspecified atom stereocenters. The molecule has 4 nitrogen and oxygen atoms in total. The molecule has 0 saturated heterocycles. The fourth-order valence-corrected chi connectivity index (χ4v) is 2.20. The van der Waals surface area contributed by atoms with Crippen LogP contribution in [0, 0.1) is 5.92 Å². The van der Waals surface area contributed by atoms with Gasteiger partial charge in [-0.25, -0.2) is 0 Å². The molecule has 3 N–H and O–H groups in total. The summed E-state index contributed by atoms with van der Waals surface area (Å²) in [7, 11) is 0. The summed E-state index contributed by atoms with van der Waals surface area (Å²) in [5.74, 6) is 1.13. The average Bonchev–Trinajstić information content (AvgIpc) is 3.22. The van der Waals surface area contributed by atoms with Crippen LogP contribution in [0.1, 0.15) is 19.8 Å². The van der Waals surface area contributed by atoms with Crippen molar-refractivity contribution in [2.75, 3.05) is 6.54 Å². The van der Waals surface area contributed by atoms with Crippen LogP contribution >= 0.6 is 28.3 Å². The molecule has 20 heavy (non-hydrogen) atoms. The highest BCUT2D eigenvalue weighted by molar-refractivity contribution is 9.10. The van der Waals surface area contributed by atoms with Crippen molar-refractivity contribution in [2.45, 2.75) is 31.9 Å². The van der Waals surface area contributed by atoms with Crippen molar-refractivity contribution in [3.63, 3.8) is 0 Å². The molecule has 1 amide bonds. The van der Waals surface area contributed by atoms with E-state index in [1.54, 1.807) is 6.92 Å². The van der Waals surface area contributed by atoms with Crippen molar-refractivity contribution in [2.24, 2.45) is 11.7 Å². The van der Waals surface area contributed by atoms with Crippen molar-refractivity contribution in [3.8, 4) is 5.75 Å². The first kappa shape index (κ1) is 17.3. The lowest BCUT2D eigenvalue weighted by atomic mass is 10.2. The van der Waals surface area contributed by atoms with Crippen LogP contribution in [0.5, 0.6) is 5.75 Å². The number of nitrogens with two attached hydrogens (primary N) is 1. The third kappa shape index (κ3) is 4.96. The van der Waals surface area contributed by atoms with Crippen LogP contribution < -0.4 is 15.8 Å². The maximum absolute atomic E-state index is 12.0. The van der Waals surface area contributed by atoms with E-state index in [9.17, 15) is 4.79 Å². The Morgan fingerprint density at radius 3 is 2.55 bits per heavy atom. The third-order valence-electron chi connectivity index (χ3n) is 3.27. The molecule has 2 atom stereocenters. The quantitative estimate of drug-likeness (QED) is 0.816. The smallest absolute Gasteiger partial charge is 0.261 e. The molecule has 0 spiro atoms. The van der Waals surface area contributed by atoms with Gasteiger partial charge in [-0.2, -0.15) is 0 Å². The molecule has 0 bridgehead atoms. The Morgan fingerprint density at radius 2 is 2.05 bits per heavy atom. The van der Waals surface area contributed by atoms with E-state index in [0.29, 0.717) is 18.2 Å². The monoisotopic (exact) mass is 362 g/mol. The predicted octanol–water partition coefficient (Wildman–Crippen LogP) is 2.49. The molecule has 112 valence electrons. The number of amides is 1. The van der Waals surface area contributed by atoms with Gasteiger partial charge in [0.25, 0.3) is 5.91 Å². The van der Waals surface area contributed by atoms with Crippen molar-refractivity contribution in [3.05, 3.63) is 28.7 Å². The zero-order valence-electron chi connectivity index (χ0n) is 11.3. The lowest BCUT2D eigenvalue weighted by Crippen LogP contribution is -2.46. The second-order valence-electron chi connectivity index (χ2n) is 4.90. The topological polar surface area (TPSA) is 64.3 Å². The molecule has 1 aromatic carbocycles. The molecular weight excluding hydrogens is 344 g/mol. The molecule has 2 rings (SSSR count). The van der Waals surface area contributed by atoms with Gasteiger partial charge in [0.05, 0.1) is 0 Å².